The summed E-state index contributed by atoms with van der Waals surface area (Å²) in [6.45, 7) is 3.37. The largest absolute Gasteiger partial charge is 0.491 e. The van der Waals surface area contributed by atoms with E-state index in [0.717, 1.165) is 22.7 Å². The van der Waals surface area contributed by atoms with E-state index in [9.17, 15) is 14.4 Å². The third kappa shape index (κ3) is 5.50. The first-order valence-corrected chi connectivity index (χ1v) is 11.5. The van der Waals surface area contributed by atoms with Crippen LogP contribution < -0.4 is 20.1 Å². The molecule has 1 aliphatic rings. The molecule has 2 aromatic rings. The zero-order valence-electron chi connectivity index (χ0n) is 19.3. The zero-order valence-corrected chi connectivity index (χ0v) is 20.4. The molecule has 1 aromatic heterocycles. The Kier molecular flexibility index (Phi) is 8.39. The highest BCUT2D eigenvalue weighted by molar-refractivity contribution is 7.27. The monoisotopic (exact) mass is 471 g/mol. The second-order valence-electron chi connectivity index (χ2n) is 7.94. The normalized spacial score (nSPS) is 12.8. The van der Waals surface area contributed by atoms with Gasteiger partial charge in [0.2, 0.25) is 0 Å². The number of carbonyl (C=O) groups excluding carboxylic acids is 3. The zero-order chi connectivity index (χ0) is 24.0. The molecule has 1 aliphatic heterocycles. The number of aromatic nitrogens is 1. The highest BCUT2D eigenvalue weighted by atomic mass is 31.0. The van der Waals surface area contributed by atoms with Crippen LogP contribution in [0.4, 0.5) is 0 Å². The molecule has 1 unspecified atom stereocenters. The number of ether oxygens (including phenoxy) is 2. The van der Waals surface area contributed by atoms with E-state index in [1.54, 1.807) is 4.90 Å². The number of hydrogen-bond acceptors (Lipinski definition) is 6. The van der Waals surface area contributed by atoms with Crippen molar-refractivity contribution in [2.24, 2.45) is 0 Å². The number of benzene rings is 1. The molecular weight excluding hydrogens is 441 g/mol. The van der Waals surface area contributed by atoms with E-state index in [2.05, 4.69) is 25.6 Å². The van der Waals surface area contributed by atoms with Gasteiger partial charge in [-0.05, 0) is 42.6 Å². The van der Waals surface area contributed by atoms with Crippen LogP contribution in [0.3, 0.4) is 0 Å². The van der Waals surface area contributed by atoms with Gasteiger partial charge in [-0.3, -0.25) is 9.59 Å². The van der Waals surface area contributed by atoms with Crippen molar-refractivity contribution in [3.8, 4) is 11.6 Å². The van der Waals surface area contributed by atoms with Gasteiger partial charge in [0.05, 0.1) is 19.8 Å². The van der Waals surface area contributed by atoms with Gasteiger partial charge in [0, 0.05) is 31.6 Å². The summed E-state index contributed by atoms with van der Waals surface area (Å²) in [6, 6.07) is 6.09. The first-order valence-electron chi connectivity index (χ1n) is 10.9. The van der Waals surface area contributed by atoms with E-state index in [1.807, 2.05) is 19.1 Å². The molecule has 2 amide bonds. The summed E-state index contributed by atoms with van der Waals surface area (Å²) in [5.74, 6) is -0.255. The topological polar surface area (TPSA) is 97.8 Å². The summed E-state index contributed by atoms with van der Waals surface area (Å²) in [6.07, 6.45) is 3.18. The Morgan fingerprint density at radius 1 is 1.27 bits per heavy atom. The lowest BCUT2D eigenvalue weighted by Crippen LogP contribution is -2.39. The van der Waals surface area contributed by atoms with Gasteiger partial charge in [-0.2, -0.15) is 0 Å². The molecule has 0 aliphatic carbocycles. The van der Waals surface area contributed by atoms with Crippen molar-refractivity contribution in [3.63, 3.8) is 0 Å². The van der Waals surface area contributed by atoms with E-state index < -0.39 is 0 Å². The van der Waals surface area contributed by atoms with Crippen molar-refractivity contribution in [3.05, 3.63) is 46.1 Å². The molecule has 0 radical (unpaired) electrons. The fourth-order valence-electron chi connectivity index (χ4n) is 3.92. The summed E-state index contributed by atoms with van der Waals surface area (Å²) >= 11 is 0. The number of nitrogens with zero attached hydrogens (tertiary/aromatic N) is 2. The number of amides is 2. The maximum atomic E-state index is 13.5. The molecule has 0 fully saturated rings. The van der Waals surface area contributed by atoms with Crippen LogP contribution in [0.5, 0.6) is 11.6 Å². The Labute approximate surface area is 196 Å². The average Bonchev–Trinajstić information content (AvgIpc) is 2.81. The lowest BCUT2D eigenvalue weighted by atomic mass is 9.95. The first kappa shape index (κ1) is 24.6. The fourth-order valence-corrected chi connectivity index (χ4v) is 4.10. The summed E-state index contributed by atoms with van der Waals surface area (Å²) in [7, 11) is 5.58. The third-order valence-electron chi connectivity index (χ3n) is 5.71. The Morgan fingerprint density at radius 2 is 2.06 bits per heavy atom. The maximum absolute atomic E-state index is 13.5. The SMILES string of the molecule is COc1nc(C(=O)NCCCCC=O)c2c(c1OC)C(=O)N(Cc1ccc(P)c(C)c1)CC2. The molecule has 1 aromatic carbocycles. The Balaban J connectivity index is 1.90. The molecule has 0 saturated heterocycles. The number of aryl methyl sites for hydroxylation is 1. The van der Waals surface area contributed by atoms with Crippen LogP contribution in [0, 0.1) is 6.92 Å². The van der Waals surface area contributed by atoms with Gasteiger partial charge >= 0.3 is 0 Å². The minimum atomic E-state index is -0.369. The molecule has 1 atom stereocenters. The number of methoxy groups -OCH3 is 2. The van der Waals surface area contributed by atoms with Crippen molar-refractivity contribution in [1.82, 2.24) is 15.2 Å². The smallest absolute Gasteiger partial charge is 0.270 e. The molecule has 8 nitrogen and oxygen atoms in total. The molecular formula is C24H30N3O5P. The number of fused-ring (bicyclic) bond motifs is 1. The number of carbonyl (C=O) groups is 3. The van der Waals surface area contributed by atoms with Gasteiger partial charge in [-0.1, -0.05) is 18.2 Å². The highest BCUT2D eigenvalue weighted by Gasteiger charge is 2.34. The van der Waals surface area contributed by atoms with Gasteiger partial charge in [0.15, 0.2) is 5.75 Å². The van der Waals surface area contributed by atoms with Gasteiger partial charge in [-0.15, -0.1) is 9.24 Å². The average molecular weight is 471 g/mol. The lowest BCUT2D eigenvalue weighted by molar-refractivity contribution is -0.107. The molecule has 176 valence electrons. The third-order valence-corrected chi connectivity index (χ3v) is 6.36. The molecule has 33 heavy (non-hydrogen) atoms. The van der Waals surface area contributed by atoms with Gasteiger partial charge in [-0.25, -0.2) is 4.98 Å². The van der Waals surface area contributed by atoms with Crippen molar-refractivity contribution in [2.75, 3.05) is 27.3 Å². The van der Waals surface area contributed by atoms with E-state index in [1.165, 1.54) is 14.2 Å². The number of nitrogens with one attached hydrogen (secondary N) is 1. The quantitative estimate of drug-likeness (QED) is 0.324. The summed E-state index contributed by atoms with van der Waals surface area (Å²) < 4.78 is 10.8. The molecule has 0 saturated carbocycles. The fraction of sp³-hybridized carbons (Fsp3) is 0.417. The highest BCUT2D eigenvalue weighted by Crippen LogP contribution is 2.37. The molecule has 0 spiro atoms. The van der Waals surface area contributed by atoms with Gasteiger partial charge < -0.3 is 24.5 Å². The molecule has 1 N–H and O–H groups in total. The van der Waals surface area contributed by atoms with Crippen LogP contribution in [0.25, 0.3) is 0 Å². The molecule has 2 heterocycles. The molecule has 3 rings (SSSR count). The van der Waals surface area contributed by atoms with Crippen LogP contribution >= 0.6 is 9.24 Å². The molecule has 0 bridgehead atoms. The lowest BCUT2D eigenvalue weighted by Gasteiger charge is -2.31. The van der Waals surface area contributed by atoms with Crippen molar-refractivity contribution >= 4 is 32.6 Å². The summed E-state index contributed by atoms with van der Waals surface area (Å²) in [4.78, 5) is 43.0. The van der Waals surface area contributed by atoms with Crippen molar-refractivity contribution in [1.29, 1.82) is 0 Å². The van der Waals surface area contributed by atoms with Crippen molar-refractivity contribution < 1.29 is 23.9 Å². The number of rotatable bonds is 10. The first-order chi connectivity index (χ1) is 15.9. The maximum Gasteiger partial charge on any atom is 0.270 e. The van der Waals surface area contributed by atoms with Crippen LogP contribution in [0.1, 0.15) is 56.8 Å². The number of aldehydes is 1. The minimum absolute atomic E-state index is 0.0979. The second kappa shape index (κ2) is 11.2. The second-order valence-corrected chi connectivity index (χ2v) is 8.56. The number of unbranched alkanes of at least 4 members (excludes halogenated alkanes) is 2. The standard InChI is InChI=1S/C24H30N3O5P/c1-15-13-16(7-8-18(15)33)14-27-11-9-17-19(24(27)30)21(31-2)23(32-3)26-20(17)22(29)25-10-5-4-6-12-28/h7-8,12-13H,4-6,9-11,14,33H2,1-3H3,(H,25,29). The van der Waals surface area contributed by atoms with Gasteiger partial charge in [0.25, 0.3) is 17.7 Å². The van der Waals surface area contributed by atoms with E-state index in [0.29, 0.717) is 56.4 Å². The number of pyridine rings is 1. The van der Waals surface area contributed by atoms with Crippen molar-refractivity contribution in [2.45, 2.75) is 39.2 Å². The predicted octanol–water partition coefficient (Wildman–Crippen LogP) is 2.21. The number of hydrogen-bond donors (Lipinski definition) is 1. The Morgan fingerprint density at radius 3 is 2.73 bits per heavy atom. The Hall–Kier alpha value is -2.99. The summed E-state index contributed by atoms with van der Waals surface area (Å²) in [5.41, 5.74) is 3.23. The van der Waals surface area contributed by atoms with E-state index >= 15 is 0 Å². The molecule has 9 heteroatoms. The van der Waals surface area contributed by atoms with Gasteiger partial charge in [0.1, 0.15) is 12.0 Å². The van der Waals surface area contributed by atoms with Crippen LogP contribution in [-0.2, 0) is 17.8 Å². The van der Waals surface area contributed by atoms with Crippen LogP contribution in [0.15, 0.2) is 18.2 Å². The van der Waals surface area contributed by atoms with E-state index in [-0.39, 0.29) is 29.1 Å². The summed E-state index contributed by atoms with van der Waals surface area (Å²) in [5, 5.41) is 3.95. The van der Waals surface area contributed by atoms with E-state index in [4.69, 9.17) is 9.47 Å². The van der Waals surface area contributed by atoms with Crippen LogP contribution in [0.2, 0.25) is 0 Å². The minimum Gasteiger partial charge on any atom is -0.491 e. The van der Waals surface area contributed by atoms with Crippen LogP contribution in [-0.4, -0.2) is 55.3 Å². The Bertz CT molecular complexity index is 1060. The predicted molar refractivity (Wildman–Crippen MR) is 129 cm³/mol.